The van der Waals surface area contributed by atoms with Gasteiger partial charge in [0, 0.05) is 18.2 Å². The normalized spacial score (nSPS) is 14.4. The number of nitrogens with zero attached hydrogens (tertiary/aromatic N) is 1. The Labute approximate surface area is 246 Å². The molecule has 4 N–H and O–H groups in total. The predicted octanol–water partition coefficient (Wildman–Crippen LogP) is 5.52. The number of anilines is 1. The fourth-order valence-electron chi connectivity index (χ4n) is 4.87. The summed E-state index contributed by atoms with van der Waals surface area (Å²) >= 11 is 0. The monoisotopic (exact) mass is 573 g/mol. The average molecular weight is 574 g/mol. The summed E-state index contributed by atoms with van der Waals surface area (Å²) in [5.74, 6) is -0.726. The molecule has 0 spiro atoms. The number of amides is 3. The van der Waals surface area contributed by atoms with Crippen molar-refractivity contribution in [3.63, 3.8) is 0 Å². The van der Waals surface area contributed by atoms with Gasteiger partial charge < -0.3 is 30.5 Å². The van der Waals surface area contributed by atoms with Crippen LogP contribution in [0.1, 0.15) is 61.9 Å². The lowest BCUT2D eigenvalue weighted by Gasteiger charge is -2.35. The van der Waals surface area contributed by atoms with Crippen LogP contribution in [-0.4, -0.2) is 50.7 Å². The maximum atomic E-state index is 14.4. The molecule has 0 bridgehead atoms. The average Bonchev–Trinajstić information content (AvgIpc) is 3.75. The van der Waals surface area contributed by atoms with Crippen LogP contribution < -0.4 is 10.6 Å². The second kappa shape index (κ2) is 12.5. The lowest BCUT2D eigenvalue weighted by atomic mass is 9.99. The van der Waals surface area contributed by atoms with Gasteiger partial charge in [-0.25, -0.2) is 4.79 Å². The summed E-state index contributed by atoms with van der Waals surface area (Å²) in [6.45, 7) is 9.01. The second-order valence-electron chi connectivity index (χ2n) is 11.8. The molecule has 2 atom stereocenters. The van der Waals surface area contributed by atoms with Gasteiger partial charge in [-0.15, -0.1) is 0 Å². The molecule has 42 heavy (non-hydrogen) atoms. The van der Waals surface area contributed by atoms with Gasteiger partial charge in [0.05, 0.1) is 0 Å². The smallest absolute Gasteiger partial charge is 0.408 e. The van der Waals surface area contributed by atoms with Crippen LogP contribution >= 0.6 is 0 Å². The van der Waals surface area contributed by atoms with E-state index in [4.69, 9.17) is 4.74 Å². The maximum absolute atomic E-state index is 14.4. The van der Waals surface area contributed by atoms with Gasteiger partial charge in [-0.1, -0.05) is 42.5 Å². The minimum absolute atomic E-state index is 0.0359. The third-order valence-corrected chi connectivity index (χ3v) is 7.02. The second-order valence-corrected chi connectivity index (χ2v) is 11.8. The van der Waals surface area contributed by atoms with Crippen LogP contribution in [0, 0.1) is 13.8 Å². The van der Waals surface area contributed by atoms with Gasteiger partial charge in [-0.2, -0.15) is 0 Å². The standard InChI is InChI=1S/C33H39N3O6/c1-20-7-6-8-21(2)28(20)35-30(39)29(23-11-17-26(38)18-12-23)36(24-13-14-24)31(40)27(34-32(41)42-33(3,4)5)19-22-9-15-25(37)16-10-22/h6-12,15-18,24,27,29,37-38H,13-14,19H2,1-5H3,(H,34,41)(H,35,39). The Bertz CT molecular complexity index is 1410. The number of alkyl carbamates (subject to hydrolysis) is 1. The molecule has 2 unspecified atom stereocenters. The van der Waals surface area contributed by atoms with E-state index in [-0.39, 0.29) is 24.0 Å². The van der Waals surface area contributed by atoms with Crippen molar-refractivity contribution in [2.45, 2.75) is 77.6 Å². The van der Waals surface area contributed by atoms with Crippen LogP contribution in [0.2, 0.25) is 0 Å². The number of nitrogens with one attached hydrogen (secondary N) is 2. The van der Waals surface area contributed by atoms with E-state index in [0.717, 1.165) is 11.1 Å². The molecular formula is C33H39N3O6. The van der Waals surface area contributed by atoms with E-state index in [2.05, 4.69) is 10.6 Å². The summed E-state index contributed by atoms with van der Waals surface area (Å²) in [7, 11) is 0. The maximum Gasteiger partial charge on any atom is 0.408 e. The molecule has 1 aliphatic carbocycles. The summed E-state index contributed by atoms with van der Waals surface area (Å²) in [6.07, 6.45) is 0.768. The van der Waals surface area contributed by atoms with E-state index in [1.54, 1.807) is 49.9 Å². The van der Waals surface area contributed by atoms with Crippen molar-refractivity contribution in [1.82, 2.24) is 10.2 Å². The molecule has 0 saturated heterocycles. The Balaban J connectivity index is 1.73. The first-order valence-corrected chi connectivity index (χ1v) is 14.1. The fraction of sp³-hybridized carbons (Fsp3) is 0.364. The molecule has 0 aromatic heterocycles. The molecule has 0 heterocycles. The molecule has 3 aromatic rings. The molecule has 1 saturated carbocycles. The van der Waals surface area contributed by atoms with Crippen molar-refractivity contribution in [3.8, 4) is 11.5 Å². The first-order valence-electron chi connectivity index (χ1n) is 14.1. The van der Waals surface area contributed by atoms with Gasteiger partial charge >= 0.3 is 6.09 Å². The number of hydrogen-bond acceptors (Lipinski definition) is 6. The highest BCUT2D eigenvalue weighted by Crippen LogP contribution is 2.37. The first kappa shape index (κ1) is 30.4. The van der Waals surface area contributed by atoms with Crippen molar-refractivity contribution in [3.05, 3.63) is 89.0 Å². The van der Waals surface area contributed by atoms with Crippen molar-refractivity contribution >= 4 is 23.6 Å². The van der Waals surface area contributed by atoms with Crippen LogP contribution in [0.4, 0.5) is 10.5 Å². The Morgan fingerprint density at radius 3 is 1.98 bits per heavy atom. The van der Waals surface area contributed by atoms with Gasteiger partial charge in [0.2, 0.25) is 5.91 Å². The molecule has 0 aliphatic heterocycles. The predicted molar refractivity (Wildman–Crippen MR) is 160 cm³/mol. The Kier molecular flexibility index (Phi) is 9.09. The lowest BCUT2D eigenvalue weighted by Crippen LogP contribution is -2.54. The van der Waals surface area contributed by atoms with E-state index in [0.29, 0.717) is 29.7 Å². The summed E-state index contributed by atoms with van der Waals surface area (Å²) in [5.41, 5.74) is 2.88. The molecule has 1 aliphatic rings. The zero-order valence-electron chi connectivity index (χ0n) is 24.7. The quantitative estimate of drug-likeness (QED) is 0.267. The number of ether oxygens (including phenoxy) is 1. The van der Waals surface area contributed by atoms with Gasteiger partial charge in [0.15, 0.2) is 0 Å². The minimum atomic E-state index is -1.06. The van der Waals surface area contributed by atoms with E-state index in [1.165, 1.54) is 24.3 Å². The van der Waals surface area contributed by atoms with Gasteiger partial charge in [-0.3, -0.25) is 9.59 Å². The number of rotatable bonds is 9. The summed E-state index contributed by atoms with van der Waals surface area (Å²) in [4.78, 5) is 43.0. The van der Waals surface area contributed by atoms with E-state index in [9.17, 15) is 24.6 Å². The molecule has 3 aromatic carbocycles. The minimum Gasteiger partial charge on any atom is -0.508 e. The van der Waals surface area contributed by atoms with E-state index < -0.39 is 35.6 Å². The summed E-state index contributed by atoms with van der Waals surface area (Å²) in [6, 6.07) is 16.0. The van der Waals surface area contributed by atoms with Gasteiger partial charge in [0.1, 0.15) is 29.2 Å². The van der Waals surface area contributed by atoms with Crippen LogP contribution in [0.25, 0.3) is 0 Å². The molecule has 0 radical (unpaired) electrons. The van der Waals surface area contributed by atoms with Crippen LogP contribution in [0.15, 0.2) is 66.7 Å². The van der Waals surface area contributed by atoms with Crippen LogP contribution in [-0.2, 0) is 20.7 Å². The van der Waals surface area contributed by atoms with Crippen molar-refractivity contribution in [2.24, 2.45) is 0 Å². The number of para-hydroxylation sites is 1. The SMILES string of the molecule is Cc1cccc(C)c1NC(=O)C(c1ccc(O)cc1)N(C(=O)C(Cc1ccc(O)cc1)NC(=O)OC(C)(C)C)C1CC1. The zero-order valence-corrected chi connectivity index (χ0v) is 24.7. The molecule has 222 valence electrons. The summed E-state index contributed by atoms with van der Waals surface area (Å²) in [5, 5.41) is 25.5. The number of aryl methyl sites for hydroxylation is 2. The molecule has 9 heteroatoms. The first-order chi connectivity index (χ1) is 19.8. The highest BCUT2D eigenvalue weighted by Gasteiger charge is 2.44. The highest BCUT2D eigenvalue weighted by atomic mass is 16.6. The zero-order chi connectivity index (χ0) is 30.6. The van der Waals surface area contributed by atoms with Gasteiger partial charge in [0.25, 0.3) is 5.91 Å². The Morgan fingerprint density at radius 2 is 1.45 bits per heavy atom. The largest absolute Gasteiger partial charge is 0.508 e. The molecule has 4 rings (SSSR count). The summed E-state index contributed by atoms with van der Waals surface area (Å²) < 4.78 is 5.47. The number of hydrogen-bond donors (Lipinski definition) is 4. The molecular weight excluding hydrogens is 534 g/mol. The Hall–Kier alpha value is -4.53. The van der Waals surface area contributed by atoms with Crippen molar-refractivity contribution < 1.29 is 29.3 Å². The van der Waals surface area contributed by atoms with Crippen LogP contribution in [0.5, 0.6) is 11.5 Å². The highest BCUT2D eigenvalue weighted by molar-refractivity contribution is 6.00. The van der Waals surface area contributed by atoms with Crippen LogP contribution in [0.3, 0.4) is 0 Å². The van der Waals surface area contributed by atoms with E-state index in [1.807, 2.05) is 32.0 Å². The number of benzene rings is 3. The third kappa shape index (κ3) is 7.81. The third-order valence-electron chi connectivity index (χ3n) is 7.02. The number of carbonyl (C=O) groups is 3. The molecule has 1 fully saturated rings. The van der Waals surface area contributed by atoms with E-state index >= 15 is 0 Å². The lowest BCUT2D eigenvalue weighted by molar-refractivity contribution is -0.141. The topological polar surface area (TPSA) is 128 Å². The number of phenols is 2. The number of phenolic OH excluding ortho intramolecular Hbond substituents is 2. The van der Waals surface area contributed by atoms with Crippen molar-refractivity contribution in [1.29, 1.82) is 0 Å². The molecule has 9 nitrogen and oxygen atoms in total. The fourth-order valence-corrected chi connectivity index (χ4v) is 4.87. The molecule has 3 amide bonds. The number of carbonyl (C=O) groups excluding carboxylic acids is 3. The van der Waals surface area contributed by atoms with Gasteiger partial charge in [-0.05, 0) is 94.0 Å². The Morgan fingerprint density at radius 1 is 0.905 bits per heavy atom. The van der Waals surface area contributed by atoms with Crippen molar-refractivity contribution in [2.75, 3.05) is 5.32 Å². The number of aromatic hydroxyl groups is 2.